The molecular weight excluding hydrogens is 362 g/mol. The van der Waals surface area contributed by atoms with E-state index in [9.17, 15) is 9.59 Å². The van der Waals surface area contributed by atoms with Crippen LogP contribution in [0.3, 0.4) is 0 Å². The fourth-order valence-corrected chi connectivity index (χ4v) is 5.07. The zero-order valence-corrected chi connectivity index (χ0v) is 17.6. The lowest BCUT2D eigenvalue weighted by Crippen LogP contribution is -2.49. The van der Waals surface area contributed by atoms with Gasteiger partial charge in [-0.1, -0.05) is 24.3 Å². The summed E-state index contributed by atoms with van der Waals surface area (Å²) >= 11 is 0. The molecule has 5 heteroatoms. The van der Waals surface area contributed by atoms with Crippen LogP contribution in [0.1, 0.15) is 50.5 Å². The highest BCUT2D eigenvalue weighted by molar-refractivity contribution is 5.85. The Bertz CT molecular complexity index is 780. The number of carbonyl (C=O) groups excluding carboxylic acids is 2. The Hall–Kier alpha value is -2.30. The molecule has 3 aliphatic rings. The topological polar surface area (TPSA) is 43.9 Å². The van der Waals surface area contributed by atoms with Crippen LogP contribution in [0.2, 0.25) is 0 Å². The molecule has 5 nitrogen and oxygen atoms in total. The molecule has 0 bridgehead atoms. The number of benzene rings is 1. The molecule has 0 radical (unpaired) electrons. The average Bonchev–Trinajstić information content (AvgIpc) is 2.77. The van der Waals surface area contributed by atoms with E-state index >= 15 is 0 Å². The van der Waals surface area contributed by atoms with E-state index < -0.39 is 0 Å². The molecule has 2 saturated heterocycles. The largest absolute Gasteiger partial charge is 0.368 e. The summed E-state index contributed by atoms with van der Waals surface area (Å²) in [6, 6.07) is 8.41. The molecule has 4 rings (SSSR count). The molecule has 0 saturated carbocycles. The van der Waals surface area contributed by atoms with Crippen molar-refractivity contribution in [3.05, 3.63) is 41.6 Å². The molecule has 0 aromatic heterocycles. The van der Waals surface area contributed by atoms with Crippen LogP contribution in [0, 0.1) is 12.8 Å². The van der Waals surface area contributed by atoms with Gasteiger partial charge in [-0.2, -0.15) is 0 Å². The van der Waals surface area contributed by atoms with Gasteiger partial charge in [0.05, 0.1) is 0 Å². The Labute approximate surface area is 174 Å². The second-order valence-corrected chi connectivity index (χ2v) is 8.60. The standard InChI is InChI=1S/C24H33N3O2/c1-19-7-2-4-10-21(19)25-15-17-26(18-16-25)23(28)12-13-24(29)27-14-6-9-20-8-3-5-11-22(20)27/h2,4,7,10-11,20H,3,5-6,8-9,12-18H2,1H3. The average molecular weight is 396 g/mol. The van der Waals surface area contributed by atoms with Gasteiger partial charge < -0.3 is 14.7 Å². The number of fused-ring (bicyclic) bond motifs is 1. The van der Waals surface area contributed by atoms with Gasteiger partial charge >= 0.3 is 0 Å². The number of rotatable bonds is 4. The van der Waals surface area contributed by atoms with E-state index in [1.54, 1.807) is 0 Å². The van der Waals surface area contributed by atoms with E-state index in [0.717, 1.165) is 45.6 Å². The molecule has 156 valence electrons. The number of carbonyl (C=O) groups is 2. The maximum Gasteiger partial charge on any atom is 0.227 e. The molecule has 1 aliphatic carbocycles. The molecule has 1 atom stereocenters. The molecule has 1 aromatic carbocycles. The van der Waals surface area contributed by atoms with Crippen LogP contribution in [0.15, 0.2) is 36.0 Å². The third-order valence-corrected chi connectivity index (χ3v) is 6.72. The summed E-state index contributed by atoms with van der Waals surface area (Å²) in [5, 5.41) is 0. The Morgan fingerprint density at radius 1 is 0.931 bits per heavy atom. The van der Waals surface area contributed by atoms with Gasteiger partial charge in [-0.3, -0.25) is 9.59 Å². The number of para-hydroxylation sites is 1. The van der Waals surface area contributed by atoms with Crippen LogP contribution in [0.5, 0.6) is 0 Å². The second kappa shape index (κ2) is 9.02. The molecule has 2 fully saturated rings. The van der Waals surface area contributed by atoms with Gasteiger partial charge in [-0.25, -0.2) is 0 Å². The van der Waals surface area contributed by atoms with Gasteiger partial charge in [0, 0.05) is 56.9 Å². The number of piperidine rings is 1. The quantitative estimate of drug-likeness (QED) is 0.780. The van der Waals surface area contributed by atoms with Crippen molar-refractivity contribution in [2.75, 3.05) is 37.6 Å². The lowest BCUT2D eigenvalue weighted by atomic mass is 9.85. The van der Waals surface area contributed by atoms with Crippen LogP contribution in [-0.4, -0.2) is 54.3 Å². The van der Waals surface area contributed by atoms with Crippen molar-refractivity contribution in [2.45, 2.75) is 51.9 Å². The van der Waals surface area contributed by atoms with Gasteiger partial charge in [0.2, 0.25) is 11.8 Å². The predicted molar refractivity (Wildman–Crippen MR) is 116 cm³/mol. The zero-order chi connectivity index (χ0) is 20.2. The predicted octanol–water partition coefficient (Wildman–Crippen LogP) is 3.73. The van der Waals surface area contributed by atoms with Crippen molar-refractivity contribution in [1.82, 2.24) is 9.80 Å². The van der Waals surface area contributed by atoms with Crippen molar-refractivity contribution in [3.63, 3.8) is 0 Å². The summed E-state index contributed by atoms with van der Waals surface area (Å²) in [4.78, 5) is 31.8. The van der Waals surface area contributed by atoms with Crippen molar-refractivity contribution >= 4 is 17.5 Å². The molecular formula is C24H33N3O2. The molecule has 29 heavy (non-hydrogen) atoms. The minimum atomic E-state index is 0.119. The Balaban J connectivity index is 1.26. The first-order valence-electron chi connectivity index (χ1n) is 11.2. The number of hydrogen-bond donors (Lipinski definition) is 0. The van der Waals surface area contributed by atoms with Gasteiger partial charge in [-0.05, 0) is 56.6 Å². The van der Waals surface area contributed by atoms with E-state index in [-0.39, 0.29) is 11.8 Å². The molecule has 2 heterocycles. The summed E-state index contributed by atoms with van der Waals surface area (Å²) < 4.78 is 0. The van der Waals surface area contributed by atoms with Crippen LogP contribution in [-0.2, 0) is 9.59 Å². The van der Waals surface area contributed by atoms with Crippen molar-refractivity contribution in [1.29, 1.82) is 0 Å². The molecule has 1 unspecified atom stereocenters. The monoisotopic (exact) mass is 395 g/mol. The zero-order valence-electron chi connectivity index (χ0n) is 17.6. The molecule has 2 aliphatic heterocycles. The smallest absolute Gasteiger partial charge is 0.227 e. The number of hydrogen-bond acceptors (Lipinski definition) is 3. The highest BCUT2D eigenvalue weighted by Crippen LogP contribution is 2.35. The summed E-state index contributed by atoms with van der Waals surface area (Å²) in [5.74, 6) is 0.815. The van der Waals surface area contributed by atoms with Gasteiger partial charge in [-0.15, -0.1) is 0 Å². The van der Waals surface area contributed by atoms with E-state index in [1.165, 1.54) is 36.2 Å². The Morgan fingerprint density at radius 3 is 2.45 bits per heavy atom. The maximum atomic E-state index is 12.8. The third kappa shape index (κ3) is 4.49. The Kier molecular flexibility index (Phi) is 6.22. The number of amides is 2. The Morgan fingerprint density at radius 2 is 1.66 bits per heavy atom. The van der Waals surface area contributed by atoms with Crippen molar-refractivity contribution < 1.29 is 9.59 Å². The van der Waals surface area contributed by atoms with Crippen LogP contribution < -0.4 is 4.90 Å². The highest BCUT2D eigenvalue weighted by atomic mass is 16.2. The van der Waals surface area contributed by atoms with Crippen LogP contribution in [0.4, 0.5) is 5.69 Å². The first-order valence-corrected chi connectivity index (χ1v) is 11.2. The van der Waals surface area contributed by atoms with Gasteiger partial charge in [0.15, 0.2) is 0 Å². The highest BCUT2D eigenvalue weighted by Gasteiger charge is 2.30. The number of piperazine rings is 1. The molecule has 0 spiro atoms. The molecule has 1 aromatic rings. The van der Waals surface area contributed by atoms with Crippen LogP contribution >= 0.6 is 0 Å². The SMILES string of the molecule is Cc1ccccc1N1CCN(C(=O)CCC(=O)N2CCCC3CCCC=C32)CC1. The van der Waals surface area contributed by atoms with E-state index in [1.807, 2.05) is 9.80 Å². The first kappa shape index (κ1) is 20.0. The maximum absolute atomic E-state index is 12.8. The number of anilines is 1. The fourth-order valence-electron chi connectivity index (χ4n) is 5.07. The normalized spacial score (nSPS) is 22.2. The van der Waals surface area contributed by atoms with Gasteiger partial charge in [0.1, 0.15) is 0 Å². The number of likely N-dealkylation sites (tertiary alicyclic amines) is 1. The number of allylic oxidation sites excluding steroid dienone is 2. The first-order chi connectivity index (χ1) is 14.1. The van der Waals surface area contributed by atoms with Crippen molar-refractivity contribution in [3.8, 4) is 0 Å². The molecule has 2 amide bonds. The summed E-state index contributed by atoms with van der Waals surface area (Å²) in [7, 11) is 0. The van der Waals surface area contributed by atoms with E-state index in [2.05, 4.69) is 42.2 Å². The van der Waals surface area contributed by atoms with E-state index in [0.29, 0.717) is 18.8 Å². The van der Waals surface area contributed by atoms with Gasteiger partial charge in [0.25, 0.3) is 0 Å². The van der Waals surface area contributed by atoms with Crippen molar-refractivity contribution in [2.24, 2.45) is 5.92 Å². The lowest BCUT2D eigenvalue weighted by molar-refractivity contribution is -0.137. The lowest BCUT2D eigenvalue weighted by Gasteiger charge is -2.38. The van der Waals surface area contributed by atoms with E-state index in [4.69, 9.17) is 0 Å². The molecule has 0 N–H and O–H groups in total. The fraction of sp³-hybridized carbons (Fsp3) is 0.583. The summed E-state index contributed by atoms with van der Waals surface area (Å²) in [6.45, 7) is 6.13. The number of nitrogens with zero attached hydrogens (tertiary/aromatic N) is 3. The minimum absolute atomic E-state index is 0.119. The minimum Gasteiger partial charge on any atom is -0.368 e. The third-order valence-electron chi connectivity index (χ3n) is 6.72. The summed E-state index contributed by atoms with van der Waals surface area (Å²) in [5.41, 5.74) is 3.77. The summed E-state index contributed by atoms with van der Waals surface area (Å²) in [6.07, 6.45) is 8.75. The number of aryl methyl sites for hydroxylation is 1. The second-order valence-electron chi connectivity index (χ2n) is 8.60. The van der Waals surface area contributed by atoms with Crippen LogP contribution in [0.25, 0.3) is 0 Å².